The fraction of sp³-hybridized carbons (Fsp3) is 0.267. The first-order chi connectivity index (χ1) is 9.65. The van der Waals surface area contributed by atoms with Crippen LogP contribution in [0.25, 0.3) is 0 Å². The maximum Gasteiger partial charge on any atom is 0.358 e. The van der Waals surface area contributed by atoms with E-state index in [-0.39, 0.29) is 6.04 Å². The molecule has 0 fully saturated rings. The van der Waals surface area contributed by atoms with Gasteiger partial charge < -0.3 is 9.30 Å². The lowest BCUT2D eigenvalue weighted by Gasteiger charge is -2.13. The Morgan fingerprint density at radius 2 is 2.15 bits per heavy atom. The van der Waals surface area contributed by atoms with E-state index in [4.69, 9.17) is 10.00 Å². The zero-order valence-electron chi connectivity index (χ0n) is 11.4. The molecule has 0 saturated carbocycles. The number of carbonyl (C=O) groups excluding carboxylic acids is 1. The summed E-state index contributed by atoms with van der Waals surface area (Å²) in [5.41, 5.74) is 1.96. The van der Waals surface area contributed by atoms with E-state index in [1.807, 2.05) is 23.6 Å². The van der Waals surface area contributed by atoms with Gasteiger partial charge in [-0.3, -0.25) is 0 Å². The minimum atomic E-state index is -0.418. The molecule has 1 aromatic heterocycles. The van der Waals surface area contributed by atoms with E-state index >= 15 is 0 Å². The van der Waals surface area contributed by atoms with Gasteiger partial charge in [0.15, 0.2) is 5.69 Å². The number of nitrogens with zero attached hydrogens (tertiary/aromatic N) is 3. The number of esters is 1. The van der Waals surface area contributed by atoms with Crippen LogP contribution in [0, 0.1) is 11.3 Å². The third-order valence-corrected chi connectivity index (χ3v) is 3.06. The summed E-state index contributed by atoms with van der Waals surface area (Å²) in [5.74, 6) is -0.418. The zero-order valence-corrected chi connectivity index (χ0v) is 11.4. The standard InChI is InChI=1S/C15H15N3O2/c1-3-20-15(19)14-9-18(10-17-14)11(2)13-6-4-12(8-16)5-7-13/h4-7,9-11H,3H2,1-2H3. The third-order valence-electron chi connectivity index (χ3n) is 3.06. The van der Waals surface area contributed by atoms with Crippen molar-refractivity contribution in [3.05, 3.63) is 53.6 Å². The van der Waals surface area contributed by atoms with Crippen molar-refractivity contribution in [2.24, 2.45) is 0 Å². The summed E-state index contributed by atoms with van der Waals surface area (Å²) in [6, 6.07) is 9.45. The molecule has 1 unspecified atom stereocenters. The second-order valence-corrected chi connectivity index (χ2v) is 4.34. The van der Waals surface area contributed by atoms with Gasteiger partial charge in [-0.05, 0) is 31.5 Å². The maximum absolute atomic E-state index is 11.6. The Morgan fingerprint density at radius 3 is 2.75 bits per heavy atom. The highest BCUT2D eigenvalue weighted by Gasteiger charge is 2.13. The molecule has 0 saturated heterocycles. The third kappa shape index (κ3) is 2.86. The van der Waals surface area contributed by atoms with Crippen molar-refractivity contribution in [2.75, 3.05) is 6.61 Å². The van der Waals surface area contributed by atoms with Crippen molar-refractivity contribution in [1.29, 1.82) is 5.26 Å². The molecule has 2 aromatic rings. The summed E-state index contributed by atoms with van der Waals surface area (Å²) in [6.07, 6.45) is 3.27. The summed E-state index contributed by atoms with van der Waals surface area (Å²) < 4.78 is 6.75. The number of hydrogen-bond donors (Lipinski definition) is 0. The first kappa shape index (κ1) is 13.8. The number of rotatable bonds is 4. The molecule has 0 amide bonds. The Balaban J connectivity index is 2.18. The molecule has 0 N–H and O–H groups in total. The van der Waals surface area contributed by atoms with Gasteiger partial charge in [0.05, 0.1) is 30.6 Å². The summed E-state index contributed by atoms with van der Waals surface area (Å²) in [7, 11) is 0. The van der Waals surface area contributed by atoms with Gasteiger partial charge in [-0.1, -0.05) is 12.1 Å². The molecule has 1 heterocycles. The van der Waals surface area contributed by atoms with Gasteiger partial charge in [0, 0.05) is 6.20 Å². The predicted molar refractivity (Wildman–Crippen MR) is 73.2 cm³/mol. The molecule has 0 spiro atoms. The van der Waals surface area contributed by atoms with Crippen LogP contribution in [-0.2, 0) is 4.74 Å². The van der Waals surface area contributed by atoms with E-state index in [0.29, 0.717) is 17.9 Å². The number of carbonyl (C=O) groups is 1. The molecule has 2 rings (SSSR count). The highest BCUT2D eigenvalue weighted by molar-refractivity contribution is 5.86. The van der Waals surface area contributed by atoms with Crippen LogP contribution < -0.4 is 0 Å². The SMILES string of the molecule is CCOC(=O)c1cn(C(C)c2ccc(C#N)cc2)cn1. The van der Waals surface area contributed by atoms with Crippen molar-refractivity contribution in [2.45, 2.75) is 19.9 Å². The number of aromatic nitrogens is 2. The van der Waals surface area contributed by atoms with Gasteiger partial charge in [0.25, 0.3) is 0 Å². The molecule has 1 aromatic carbocycles. The van der Waals surface area contributed by atoms with Crippen LogP contribution in [0.2, 0.25) is 0 Å². The highest BCUT2D eigenvalue weighted by atomic mass is 16.5. The number of ether oxygens (including phenoxy) is 1. The van der Waals surface area contributed by atoms with E-state index in [1.165, 1.54) is 0 Å². The van der Waals surface area contributed by atoms with E-state index in [9.17, 15) is 4.79 Å². The molecular formula is C15H15N3O2. The van der Waals surface area contributed by atoms with E-state index in [0.717, 1.165) is 5.56 Å². The van der Waals surface area contributed by atoms with Crippen molar-refractivity contribution in [3.63, 3.8) is 0 Å². The lowest BCUT2D eigenvalue weighted by Crippen LogP contribution is -2.06. The Morgan fingerprint density at radius 1 is 1.45 bits per heavy atom. The van der Waals surface area contributed by atoms with Crippen LogP contribution >= 0.6 is 0 Å². The molecule has 0 radical (unpaired) electrons. The monoisotopic (exact) mass is 269 g/mol. The Hall–Kier alpha value is -2.61. The molecule has 5 heteroatoms. The van der Waals surface area contributed by atoms with Gasteiger partial charge in [0.1, 0.15) is 0 Å². The average molecular weight is 269 g/mol. The minimum absolute atomic E-state index is 0.0263. The van der Waals surface area contributed by atoms with Crippen molar-refractivity contribution < 1.29 is 9.53 Å². The van der Waals surface area contributed by atoms with Gasteiger partial charge in [0.2, 0.25) is 0 Å². The van der Waals surface area contributed by atoms with Gasteiger partial charge in [-0.15, -0.1) is 0 Å². The van der Waals surface area contributed by atoms with Crippen LogP contribution in [0.15, 0.2) is 36.8 Å². The smallest absolute Gasteiger partial charge is 0.358 e. The van der Waals surface area contributed by atoms with Crippen LogP contribution in [-0.4, -0.2) is 22.1 Å². The van der Waals surface area contributed by atoms with E-state index in [1.54, 1.807) is 31.6 Å². The van der Waals surface area contributed by atoms with Gasteiger partial charge in [-0.25, -0.2) is 9.78 Å². The lowest BCUT2D eigenvalue weighted by atomic mass is 10.1. The minimum Gasteiger partial charge on any atom is -0.461 e. The van der Waals surface area contributed by atoms with Crippen molar-refractivity contribution >= 4 is 5.97 Å². The van der Waals surface area contributed by atoms with Gasteiger partial charge in [-0.2, -0.15) is 5.26 Å². The normalized spacial score (nSPS) is 11.7. The molecule has 0 aliphatic rings. The molecular weight excluding hydrogens is 254 g/mol. The topological polar surface area (TPSA) is 67.9 Å². The Kier molecular flexibility index (Phi) is 4.16. The summed E-state index contributed by atoms with van der Waals surface area (Å²) in [6.45, 7) is 4.09. The average Bonchev–Trinajstić information content (AvgIpc) is 2.97. The lowest BCUT2D eigenvalue weighted by molar-refractivity contribution is 0.0520. The van der Waals surface area contributed by atoms with Gasteiger partial charge >= 0.3 is 5.97 Å². The second-order valence-electron chi connectivity index (χ2n) is 4.34. The number of nitriles is 1. The quantitative estimate of drug-likeness (QED) is 0.800. The number of benzene rings is 1. The predicted octanol–water partition coefficient (Wildman–Crippen LogP) is 2.54. The highest BCUT2D eigenvalue weighted by Crippen LogP contribution is 2.18. The number of hydrogen-bond acceptors (Lipinski definition) is 4. The summed E-state index contributed by atoms with van der Waals surface area (Å²) in [4.78, 5) is 15.6. The summed E-state index contributed by atoms with van der Waals surface area (Å²) >= 11 is 0. The molecule has 0 aliphatic carbocycles. The zero-order chi connectivity index (χ0) is 14.5. The number of imidazole rings is 1. The van der Waals surface area contributed by atoms with Crippen LogP contribution in [0.5, 0.6) is 0 Å². The fourth-order valence-electron chi connectivity index (χ4n) is 1.87. The summed E-state index contributed by atoms with van der Waals surface area (Å²) in [5, 5.41) is 8.78. The largest absolute Gasteiger partial charge is 0.461 e. The first-order valence-electron chi connectivity index (χ1n) is 6.36. The van der Waals surface area contributed by atoms with Crippen LogP contribution in [0.4, 0.5) is 0 Å². The fourth-order valence-corrected chi connectivity index (χ4v) is 1.87. The van der Waals surface area contributed by atoms with E-state index < -0.39 is 5.97 Å². The molecule has 1 atom stereocenters. The molecule has 0 bridgehead atoms. The maximum atomic E-state index is 11.6. The Labute approximate surface area is 117 Å². The molecule has 5 nitrogen and oxygen atoms in total. The van der Waals surface area contributed by atoms with E-state index in [2.05, 4.69) is 11.1 Å². The van der Waals surface area contributed by atoms with Crippen molar-refractivity contribution in [1.82, 2.24) is 9.55 Å². The second kappa shape index (κ2) is 6.02. The molecule has 102 valence electrons. The Bertz CT molecular complexity index is 638. The van der Waals surface area contributed by atoms with Crippen molar-refractivity contribution in [3.8, 4) is 6.07 Å². The van der Waals surface area contributed by atoms with Crippen LogP contribution in [0.3, 0.4) is 0 Å². The molecule has 0 aliphatic heterocycles. The first-order valence-corrected chi connectivity index (χ1v) is 6.36. The van der Waals surface area contributed by atoms with Crippen LogP contribution in [0.1, 0.15) is 41.5 Å². The molecule has 20 heavy (non-hydrogen) atoms.